The molecule has 2 heterocycles. The van der Waals surface area contributed by atoms with Crippen LogP contribution >= 0.6 is 11.3 Å². The Labute approximate surface area is 125 Å². The molecule has 1 N–H and O–H groups in total. The lowest BCUT2D eigenvalue weighted by Crippen LogP contribution is -2.24. The molecule has 0 aliphatic heterocycles. The fraction of sp³-hybridized carbons (Fsp3) is 0.600. The minimum absolute atomic E-state index is 0.300. The van der Waals surface area contributed by atoms with Crippen LogP contribution in [0.5, 0.6) is 0 Å². The molecule has 0 aliphatic rings. The van der Waals surface area contributed by atoms with Crippen LogP contribution in [-0.4, -0.2) is 21.3 Å². The van der Waals surface area contributed by atoms with Crippen LogP contribution in [0.3, 0.4) is 0 Å². The van der Waals surface area contributed by atoms with Gasteiger partial charge in [0.1, 0.15) is 0 Å². The number of rotatable bonds is 6. The quantitative estimate of drug-likeness (QED) is 0.889. The van der Waals surface area contributed by atoms with Crippen molar-refractivity contribution in [1.29, 1.82) is 0 Å². The van der Waals surface area contributed by atoms with E-state index in [1.165, 1.54) is 15.4 Å². The van der Waals surface area contributed by atoms with Gasteiger partial charge in [0.05, 0.1) is 16.4 Å². The minimum atomic E-state index is 0.300. The van der Waals surface area contributed by atoms with E-state index >= 15 is 0 Å². The molecule has 0 amide bonds. The van der Waals surface area contributed by atoms with Crippen molar-refractivity contribution in [2.75, 3.05) is 6.54 Å². The second-order valence-electron chi connectivity index (χ2n) is 5.30. The Hall–Kier alpha value is -1.20. The highest BCUT2D eigenvalue weighted by Gasteiger charge is 2.18. The van der Waals surface area contributed by atoms with E-state index in [9.17, 15) is 0 Å². The zero-order chi connectivity index (χ0) is 14.7. The maximum Gasteiger partial charge on any atom is 0.0949 e. The number of aryl methyl sites for hydroxylation is 4. The summed E-state index contributed by atoms with van der Waals surface area (Å²) in [5.74, 6) is 0. The summed E-state index contributed by atoms with van der Waals surface area (Å²) in [6, 6.07) is 0.300. The van der Waals surface area contributed by atoms with Crippen LogP contribution in [0.15, 0.2) is 6.20 Å². The molecule has 110 valence electrons. The molecule has 1 atom stereocenters. The zero-order valence-electron chi connectivity index (χ0n) is 13.0. The van der Waals surface area contributed by atoms with Crippen molar-refractivity contribution in [2.24, 2.45) is 7.05 Å². The molecule has 0 aromatic carbocycles. The normalized spacial score (nSPS) is 12.8. The van der Waals surface area contributed by atoms with Crippen LogP contribution in [0, 0.1) is 20.8 Å². The van der Waals surface area contributed by atoms with Gasteiger partial charge in [0.15, 0.2) is 0 Å². The fourth-order valence-electron chi connectivity index (χ4n) is 2.37. The van der Waals surface area contributed by atoms with Crippen LogP contribution in [0.25, 0.3) is 0 Å². The Kier molecular flexibility index (Phi) is 4.94. The number of aromatic nitrogens is 3. The van der Waals surface area contributed by atoms with Crippen molar-refractivity contribution in [3.05, 3.63) is 33.0 Å². The summed E-state index contributed by atoms with van der Waals surface area (Å²) in [6.45, 7) is 9.51. The van der Waals surface area contributed by atoms with E-state index in [0.717, 1.165) is 30.8 Å². The van der Waals surface area contributed by atoms with Crippen LogP contribution in [-0.2, 0) is 13.5 Å². The molecular weight excluding hydrogens is 268 g/mol. The molecule has 4 nitrogen and oxygen atoms in total. The first-order valence-corrected chi connectivity index (χ1v) is 7.99. The van der Waals surface area contributed by atoms with Crippen LogP contribution in [0.4, 0.5) is 0 Å². The molecule has 2 rings (SSSR count). The van der Waals surface area contributed by atoms with Crippen LogP contribution < -0.4 is 5.32 Å². The van der Waals surface area contributed by atoms with Crippen molar-refractivity contribution in [3.8, 4) is 0 Å². The molecule has 0 radical (unpaired) electrons. The standard InChI is InChI=1S/C15H24N4S/c1-6-7-16-14(13-9-19(5)18-11(13)3)8-15-17-10(2)12(4)20-15/h9,14,16H,6-8H2,1-5H3. The maximum atomic E-state index is 4.67. The highest BCUT2D eigenvalue weighted by molar-refractivity contribution is 7.11. The molecule has 5 heteroatoms. The summed E-state index contributed by atoms with van der Waals surface area (Å²) >= 11 is 1.81. The van der Waals surface area contributed by atoms with Crippen molar-refractivity contribution in [1.82, 2.24) is 20.1 Å². The molecule has 0 saturated carbocycles. The molecule has 0 saturated heterocycles. The molecule has 0 spiro atoms. The van der Waals surface area contributed by atoms with Gasteiger partial charge in [-0.2, -0.15) is 5.10 Å². The van der Waals surface area contributed by atoms with E-state index in [-0.39, 0.29) is 0 Å². The molecular formula is C15H24N4S. The number of thiazole rings is 1. The summed E-state index contributed by atoms with van der Waals surface area (Å²) in [5, 5.41) is 9.30. The van der Waals surface area contributed by atoms with Gasteiger partial charge in [0.2, 0.25) is 0 Å². The first kappa shape index (κ1) is 15.2. The predicted molar refractivity (Wildman–Crippen MR) is 84.3 cm³/mol. The Morgan fingerprint density at radius 3 is 2.55 bits per heavy atom. The number of hydrogen-bond acceptors (Lipinski definition) is 4. The van der Waals surface area contributed by atoms with Crippen LogP contribution in [0.1, 0.15) is 46.2 Å². The SMILES string of the molecule is CCCNC(Cc1nc(C)c(C)s1)c1cn(C)nc1C. The molecule has 20 heavy (non-hydrogen) atoms. The third-order valence-corrected chi connectivity index (χ3v) is 4.61. The monoisotopic (exact) mass is 292 g/mol. The average Bonchev–Trinajstić information content (AvgIpc) is 2.88. The molecule has 2 aromatic heterocycles. The van der Waals surface area contributed by atoms with E-state index in [4.69, 9.17) is 0 Å². The number of nitrogens with zero attached hydrogens (tertiary/aromatic N) is 3. The lowest BCUT2D eigenvalue weighted by molar-refractivity contribution is 0.526. The summed E-state index contributed by atoms with van der Waals surface area (Å²) in [6.07, 6.45) is 4.19. The summed E-state index contributed by atoms with van der Waals surface area (Å²) in [4.78, 5) is 5.99. The van der Waals surface area contributed by atoms with Gasteiger partial charge in [0.25, 0.3) is 0 Å². The fourth-order valence-corrected chi connectivity index (χ4v) is 3.35. The third-order valence-electron chi connectivity index (χ3n) is 3.52. The van der Waals surface area contributed by atoms with Gasteiger partial charge in [-0.3, -0.25) is 4.68 Å². The van der Waals surface area contributed by atoms with E-state index in [1.807, 2.05) is 11.7 Å². The predicted octanol–water partition coefficient (Wildman–Crippen LogP) is 3.09. The molecule has 0 bridgehead atoms. The van der Waals surface area contributed by atoms with Gasteiger partial charge in [-0.1, -0.05) is 6.92 Å². The molecule has 0 fully saturated rings. The smallest absolute Gasteiger partial charge is 0.0949 e. The van der Waals surface area contributed by atoms with E-state index < -0.39 is 0 Å². The van der Waals surface area contributed by atoms with Gasteiger partial charge in [-0.15, -0.1) is 11.3 Å². The highest BCUT2D eigenvalue weighted by Crippen LogP contribution is 2.25. The lowest BCUT2D eigenvalue weighted by Gasteiger charge is -2.16. The van der Waals surface area contributed by atoms with Gasteiger partial charge in [-0.05, 0) is 33.7 Å². The Balaban J connectivity index is 2.21. The molecule has 0 aliphatic carbocycles. The first-order valence-electron chi connectivity index (χ1n) is 7.17. The second-order valence-corrected chi connectivity index (χ2v) is 6.59. The topological polar surface area (TPSA) is 42.7 Å². The maximum absolute atomic E-state index is 4.67. The first-order chi connectivity index (χ1) is 9.51. The van der Waals surface area contributed by atoms with E-state index in [1.54, 1.807) is 11.3 Å². The summed E-state index contributed by atoms with van der Waals surface area (Å²) in [5.41, 5.74) is 3.54. The third kappa shape index (κ3) is 3.46. The summed E-state index contributed by atoms with van der Waals surface area (Å²) < 4.78 is 1.89. The Morgan fingerprint density at radius 2 is 2.05 bits per heavy atom. The van der Waals surface area contributed by atoms with Crippen LogP contribution in [0.2, 0.25) is 0 Å². The Bertz CT molecular complexity index is 551. The molecule has 1 unspecified atom stereocenters. The van der Waals surface area contributed by atoms with Crippen molar-refractivity contribution in [2.45, 2.75) is 46.6 Å². The zero-order valence-corrected chi connectivity index (χ0v) is 13.8. The van der Waals surface area contributed by atoms with Gasteiger partial charge < -0.3 is 5.32 Å². The Morgan fingerprint density at radius 1 is 1.30 bits per heavy atom. The van der Waals surface area contributed by atoms with Crippen molar-refractivity contribution < 1.29 is 0 Å². The number of nitrogens with one attached hydrogen (secondary N) is 1. The highest BCUT2D eigenvalue weighted by atomic mass is 32.1. The lowest BCUT2D eigenvalue weighted by atomic mass is 10.1. The minimum Gasteiger partial charge on any atom is -0.309 e. The van der Waals surface area contributed by atoms with Crippen molar-refractivity contribution in [3.63, 3.8) is 0 Å². The van der Waals surface area contributed by atoms with E-state index in [2.05, 4.69) is 49.3 Å². The van der Waals surface area contributed by atoms with Gasteiger partial charge >= 0.3 is 0 Å². The van der Waals surface area contributed by atoms with E-state index in [0.29, 0.717) is 6.04 Å². The molecule has 2 aromatic rings. The number of hydrogen-bond donors (Lipinski definition) is 1. The second kappa shape index (κ2) is 6.50. The largest absolute Gasteiger partial charge is 0.309 e. The average molecular weight is 292 g/mol. The van der Waals surface area contributed by atoms with Crippen molar-refractivity contribution >= 4 is 11.3 Å². The van der Waals surface area contributed by atoms with Gasteiger partial charge in [0, 0.05) is 36.1 Å². The van der Waals surface area contributed by atoms with Gasteiger partial charge in [-0.25, -0.2) is 4.98 Å². The summed E-state index contributed by atoms with van der Waals surface area (Å²) in [7, 11) is 1.98.